The highest BCUT2D eigenvalue weighted by Crippen LogP contribution is 2.51. The number of hydrogen-bond acceptors (Lipinski definition) is 2. The largest absolute Gasteiger partial charge is 0.396 e. The molecule has 0 bridgehead atoms. The van der Waals surface area contributed by atoms with E-state index >= 15 is 0 Å². The zero-order valence-corrected chi connectivity index (χ0v) is 6.92. The summed E-state index contributed by atoms with van der Waals surface area (Å²) in [5.41, 5.74) is 0. The average Bonchev–Trinajstić information content (AvgIpc) is 2.61. The maximum absolute atomic E-state index is 8.56. The van der Waals surface area contributed by atoms with Gasteiger partial charge in [0.05, 0.1) is 0 Å². The lowest BCUT2D eigenvalue weighted by molar-refractivity contribution is 0.282. The van der Waals surface area contributed by atoms with Gasteiger partial charge in [0.25, 0.3) is 0 Å². The molecule has 2 atom stereocenters. The summed E-state index contributed by atoms with van der Waals surface area (Å²) in [5, 5.41) is 12.0. The van der Waals surface area contributed by atoms with Crippen molar-refractivity contribution >= 4 is 0 Å². The molecule has 2 unspecified atom stereocenters. The number of rotatable bonds is 4. The first-order valence-electron chi connectivity index (χ1n) is 4.74. The van der Waals surface area contributed by atoms with E-state index in [1.807, 2.05) is 0 Å². The van der Waals surface area contributed by atoms with E-state index in [2.05, 4.69) is 5.32 Å². The van der Waals surface area contributed by atoms with Crippen LogP contribution in [0.4, 0.5) is 0 Å². The summed E-state index contributed by atoms with van der Waals surface area (Å²) in [7, 11) is 0. The van der Waals surface area contributed by atoms with Crippen LogP contribution in [-0.4, -0.2) is 24.3 Å². The minimum absolute atomic E-state index is 0.326. The molecule has 2 heteroatoms. The van der Waals surface area contributed by atoms with E-state index in [9.17, 15) is 0 Å². The van der Waals surface area contributed by atoms with Crippen LogP contribution >= 0.6 is 0 Å². The van der Waals surface area contributed by atoms with Crippen LogP contribution < -0.4 is 5.32 Å². The Kier molecular flexibility index (Phi) is 2.14. The van der Waals surface area contributed by atoms with Crippen molar-refractivity contribution in [1.82, 2.24) is 5.32 Å². The van der Waals surface area contributed by atoms with Crippen molar-refractivity contribution in [1.29, 1.82) is 0 Å². The molecule has 11 heavy (non-hydrogen) atoms. The van der Waals surface area contributed by atoms with E-state index in [1.165, 1.54) is 19.3 Å². The molecule has 2 fully saturated rings. The van der Waals surface area contributed by atoms with Crippen molar-refractivity contribution in [3.05, 3.63) is 0 Å². The van der Waals surface area contributed by atoms with Crippen LogP contribution in [0, 0.1) is 11.8 Å². The van der Waals surface area contributed by atoms with Crippen molar-refractivity contribution in [2.24, 2.45) is 11.8 Å². The monoisotopic (exact) mass is 155 g/mol. The number of hydrogen-bond donors (Lipinski definition) is 2. The Labute approximate surface area is 68.0 Å². The van der Waals surface area contributed by atoms with Crippen molar-refractivity contribution in [2.75, 3.05) is 13.2 Å². The minimum atomic E-state index is 0.326. The molecule has 0 heterocycles. The van der Waals surface area contributed by atoms with Crippen LogP contribution in [0.1, 0.15) is 25.7 Å². The van der Waals surface area contributed by atoms with Crippen molar-refractivity contribution in [3.63, 3.8) is 0 Å². The molecule has 2 aliphatic carbocycles. The van der Waals surface area contributed by atoms with Crippen LogP contribution in [0.25, 0.3) is 0 Å². The van der Waals surface area contributed by atoms with Crippen LogP contribution in [0.15, 0.2) is 0 Å². The van der Waals surface area contributed by atoms with Crippen LogP contribution in [0.3, 0.4) is 0 Å². The SMILES string of the molecule is OCCCNC1CC2CC2C1. The summed E-state index contributed by atoms with van der Waals surface area (Å²) in [6.45, 7) is 1.33. The van der Waals surface area contributed by atoms with Crippen molar-refractivity contribution < 1.29 is 5.11 Å². The van der Waals surface area contributed by atoms with Gasteiger partial charge in [-0.3, -0.25) is 0 Å². The zero-order valence-electron chi connectivity index (χ0n) is 6.92. The molecule has 0 aromatic rings. The van der Waals surface area contributed by atoms with E-state index in [1.54, 1.807) is 0 Å². The smallest absolute Gasteiger partial charge is 0.0443 e. The van der Waals surface area contributed by atoms with Gasteiger partial charge in [-0.05, 0) is 44.1 Å². The van der Waals surface area contributed by atoms with Crippen LogP contribution in [0.2, 0.25) is 0 Å². The third-order valence-corrected chi connectivity index (χ3v) is 3.01. The Morgan fingerprint density at radius 2 is 1.91 bits per heavy atom. The van der Waals surface area contributed by atoms with E-state index in [0.717, 1.165) is 30.8 Å². The second kappa shape index (κ2) is 3.11. The predicted octanol–water partition coefficient (Wildman–Crippen LogP) is 0.757. The second-order valence-corrected chi connectivity index (χ2v) is 3.96. The molecule has 2 N–H and O–H groups in total. The molecular formula is C9H17NO. The van der Waals surface area contributed by atoms with Crippen LogP contribution in [0.5, 0.6) is 0 Å². The molecule has 0 amide bonds. The Bertz CT molecular complexity index is 128. The zero-order chi connectivity index (χ0) is 7.68. The molecule has 2 rings (SSSR count). The van der Waals surface area contributed by atoms with Crippen molar-refractivity contribution in [3.8, 4) is 0 Å². The lowest BCUT2D eigenvalue weighted by Crippen LogP contribution is -2.28. The molecular weight excluding hydrogens is 138 g/mol. The van der Waals surface area contributed by atoms with E-state index in [4.69, 9.17) is 5.11 Å². The molecule has 2 nitrogen and oxygen atoms in total. The van der Waals surface area contributed by atoms with Gasteiger partial charge in [-0.25, -0.2) is 0 Å². The summed E-state index contributed by atoms with van der Waals surface area (Å²) >= 11 is 0. The minimum Gasteiger partial charge on any atom is -0.396 e. The number of fused-ring (bicyclic) bond motifs is 1. The molecule has 0 saturated heterocycles. The first kappa shape index (κ1) is 7.56. The molecule has 2 saturated carbocycles. The molecule has 2 aliphatic rings. The fourth-order valence-corrected chi connectivity index (χ4v) is 2.27. The van der Waals surface area contributed by atoms with E-state index in [0.29, 0.717) is 6.61 Å². The number of aliphatic hydroxyl groups is 1. The summed E-state index contributed by atoms with van der Waals surface area (Å²) in [5.74, 6) is 2.14. The highest BCUT2D eigenvalue weighted by atomic mass is 16.3. The normalized spacial score (nSPS) is 40.6. The van der Waals surface area contributed by atoms with Gasteiger partial charge in [0, 0.05) is 12.6 Å². The summed E-state index contributed by atoms with van der Waals surface area (Å²) in [4.78, 5) is 0. The standard InChI is InChI=1S/C9H17NO/c11-3-1-2-10-9-5-7-4-8(7)6-9/h7-11H,1-6H2. The summed E-state index contributed by atoms with van der Waals surface area (Å²) in [6.07, 6.45) is 5.20. The van der Waals surface area contributed by atoms with Gasteiger partial charge in [0.15, 0.2) is 0 Å². The maximum atomic E-state index is 8.56. The van der Waals surface area contributed by atoms with E-state index in [-0.39, 0.29) is 0 Å². The van der Waals surface area contributed by atoms with Crippen LogP contribution in [-0.2, 0) is 0 Å². The molecule has 0 spiro atoms. The number of nitrogens with one attached hydrogen (secondary N) is 1. The fourth-order valence-electron chi connectivity index (χ4n) is 2.27. The Morgan fingerprint density at radius 3 is 2.55 bits per heavy atom. The van der Waals surface area contributed by atoms with E-state index < -0.39 is 0 Å². The quantitative estimate of drug-likeness (QED) is 0.587. The van der Waals surface area contributed by atoms with Gasteiger partial charge >= 0.3 is 0 Å². The molecule has 0 aromatic carbocycles. The second-order valence-electron chi connectivity index (χ2n) is 3.96. The molecule has 0 aliphatic heterocycles. The lowest BCUT2D eigenvalue weighted by atomic mass is 10.1. The van der Waals surface area contributed by atoms with Gasteiger partial charge in [0.1, 0.15) is 0 Å². The summed E-state index contributed by atoms with van der Waals surface area (Å²) < 4.78 is 0. The Morgan fingerprint density at radius 1 is 1.18 bits per heavy atom. The highest BCUT2D eigenvalue weighted by Gasteiger charge is 2.45. The van der Waals surface area contributed by atoms with Crippen molar-refractivity contribution in [2.45, 2.75) is 31.7 Å². The predicted molar refractivity (Wildman–Crippen MR) is 44.3 cm³/mol. The first-order valence-corrected chi connectivity index (χ1v) is 4.74. The maximum Gasteiger partial charge on any atom is 0.0443 e. The van der Waals surface area contributed by atoms with Gasteiger partial charge in [-0.15, -0.1) is 0 Å². The average molecular weight is 155 g/mol. The highest BCUT2D eigenvalue weighted by molar-refractivity contribution is 4.98. The lowest BCUT2D eigenvalue weighted by Gasteiger charge is -2.12. The third-order valence-electron chi connectivity index (χ3n) is 3.01. The third kappa shape index (κ3) is 1.74. The van der Waals surface area contributed by atoms with Gasteiger partial charge < -0.3 is 10.4 Å². The Hall–Kier alpha value is -0.0800. The Balaban J connectivity index is 1.57. The summed E-state index contributed by atoms with van der Waals surface area (Å²) in [6, 6.07) is 0.783. The topological polar surface area (TPSA) is 32.3 Å². The molecule has 0 aromatic heterocycles. The van der Waals surface area contributed by atoms with Gasteiger partial charge in [-0.1, -0.05) is 0 Å². The first-order chi connectivity index (χ1) is 5.40. The molecule has 64 valence electrons. The molecule has 0 radical (unpaired) electrons. The number of aliphatic hydroxyl groups excluding tert-OH is 1. The fraction of sp³-hybridized carbons (Fsp3) is 1.00. The van der Waals surface area contributed by atoms with Gasteiger partial charge in [-0.2, -0.15) is 0 Å². The van der Waals surface area contributed by atoms with Gasteiger partial charge in [0.2, 0.25) is 0 Å².